The van der Waals surface area contributed by atoms with Crippen molar-refractivity contribution in [3.05, 3.63) is 53.3 Å². The normalized spacial score (nSPS) is 14.8. The highest BCUT2D eigenvalue weighted by atomic mass is 79.9. The molecule has 156 valence electrons. The maximum atomic E-state index is 12.3. The predicted octanol–water partition coefficient (Wildman–Crippen LogP) is 5.12. The predicted molar refractivity (Wildman–Crippen MR) is 123 cm³/mol. The first-order valence-corrected chi connectivity index (χ1v) is 10.8. The smallest absolute Gasteiger partial charge is 0.410 e. The van der Waals surface area contributed by atoms with Gasteiger partial charge in [-0.3, -0.25) is 0 Å². The Balaban J connectivity index is 1.53. The Morgan fingerprint density at radius 2 is 1.80 bits per heavy atom. The van der Waals surface area contributed by atoms with Gasteiger partial charge in [-0.2, -0.15) is 0 Å². The van der Waals surface area contributed by atoms with Gasteiger partial charge in [-0.1, -0.05) is 28.1 Å². The summed E-state index contributed by atoms with van der Waals surface area (Å²) in [6.07, 6.45) is 1.37. The van der Waals surface area contributed by atoms with Crippen LogP contribution < -0.4 is 4.90 Å². The Labute approximate surface area is 185 Å². The number of anilines is 1. The third-order valence-corrected chi connectivity index (χ3v) is 5.51. The maximum absolute atomic E-state index is 12.3. The zero-order valence-corrected chi connectivity index (χ0v) is 19.0. The first-order chi connectivity index (χ1) is 14.3. The molecule has 0 atom stereocenters. The second-order valence-electron chi connectivity index (χ2n) is 8.39. The fraction of sp³-hybridized carbons (Fsp3) is 0.348. The average Bonchev–Trinajstić information content (AvgIpc) is 2.72. The van der Waals surface area contributed by atoms with Crippen LogP contribution in [-0.4, -0.2) is 52.7 Å². The van der Waals surface area contributed by atoms with E-state index >= 15 is 0 Å². The fourth-order valence-electron chi connectivity index (χ4n) is 3.58. The minimum Gasteiger partial charge on any atom is -0.444 e. The van der Waals surface area contributed by atoms with E-state index in [1.807, 2.05) is 32.9 Å². The van der Waals surface area contributed by atoms with Gasteiger partial charge in [0.05, 0.1) is 11.2 Å². The molecule has 1 aliphatic heterocycles. The number of rotatable bonds is 2. The van der Waals surface area contributed by atoms with E-state index < -0.39 is 5.60 Å². The summed E-state index contributed by atoms with van der Waals surface area (Å²) >= 11 is 3.55. The number of carbonyl (C=O) groups excluding carboxylic acids is 1. The van der Waals surface area contributed by atoms with Gasteiger partial charge in [0.2, 0.25) is 0 Å². The maximum Gasteiger partial charge on any atom is 0.410 e. The van der Waals surface area contributed by atoms with Crippen molar-refractivity contribution in [2.75, 3.05) is 31.1 Å². The molecule has 1 fully saturated rings. The summed E-state index contributed by atoms with van der Waals surface area (Å²) in [5.41, 5.74) is 3.53. The average molecular weight is 469 g/mol. The Morgan fingerprint density at radius 1 is 1.03 bits per heavy atom. The number of halogens is 1. The number of piperazine rings is 1. The van der Waals surface area contributed by atoms with Crippen molar-refractivity contribution in [3.8, 4) is 11.3 Å². The second-order valence-corrected chi connectivity index (χ2v) is 9.30. The lowest BCUT2D eigenvalue weighted by molar-refractivity contribution is 0.0240. The Kier molecular flexibility index (Phi) is 5.64. The number of aromatic nitrogens is 2. The number of hydrogen-bond acceptors (Lipinski definition) is 5. The lowest BCUT2D eigenvalue weighted by Crippen LogP contribution is -2.50. The van der Waals surface area contributed by atoms with Crippen molar-refractivity contribution in [2.24, 2.45) is 0 Å². The van der Waals surface area contributed by atoms with E-state index in [1.54, 1.807) is 11.2 Å². The molecule has 0 unspecified atom stereocenters. The van der Waals surface area contributed by atoms with Gasteiger partial charge >= 0.3 is 6.09 Å². The zero-order chi connectivity index (χ0) is 21.3. The summed E-state index contributed by atoms with van der Waals surface area (Å²) in [6, 6.07) is 14.4. The molecule has 2 heterocycles. The van der Waals surface area contributed by atoms with E-state index in [9.17, 15) is 4.79 Å². The number of nitrogens with zero attached hydrogens (tertiary/aromatic N) is 4. The minimum atomic E-state index is -0.474. The minimum absolute atomic E-state index is 0.242. The van der Waals surface area contributed by atoms with E-state index in [4.69, 9.17) is 4.74 Å². The van der Waals surface area contributed by atoms with Crippen LogP contribution in [0.5, 0.6) is 0 Å². The number of hydrogen-bond donors (Lipinski definition) is 0. The zero-order valence-electron chi connectivity index (χ0n) is 17.4. The van der Waals surface area contributed by atoms with Crippen LogP contribution in [0.15, 0.2) is 53.3 Å². The highest BCUT2D eigenvalue weighted by Crippen LogP contribution is 2.30. The standard InChI is InChI=1S/C23H25BrN4O2/c1-23(2,3)30-22(29)28-11-9-27(10-12-28)18-6-4-5-16(13-18)21-19-14-17(24)7-8-20(19)25-15-26-21/h4-8,13-15H,9-12H2,1-3H3. The third-order valence-electron chi connectivity index (χ3n) is 5.01. The summed E-state index contributed by atoms with van der Waals surface area (Å²) in [4.78, 5) is 25.3. The van der Waals surface area contributed by atoms with E-state index in [0.717, 1.165) is 45.4 Å². The van der Waals surface area contributed by atoms with Crippen molar-refractivity contribution in [3.63, 3.8) is 0 Å². The van der Waals surface area contributed by atoms with Crippen LogP contribution in [0.4, 0.5) is 10.5 Å². The van der Waals surface area contributed by atoms with Crippen molar-refractivity contribution < 1.29 is 9.53 Å². The van der Waals surface area contributed by atoms with Gasteiger partial charge in [0.25, 0.3) is 0 Å². The second kappa shape index (κ2) is 8.22. The molecule has 0 bridgehead atoms. The summed E-state index contributed by atoms with van der Waals surface area (Å²) in [5, 5.41) is 1.01. The molecule has 1 aromatic heterocycles. The van der Waals surface area contributed by atoms with E-state index in [0.29, 0.717) is 13.1 Å². The topological polar surface area (TPSA) is 58.6 Å². The largest absolute Gasteiger partial charge is 0.444 e. The molecule has 7 heteroatoms. The first-order valence-electron chi connectivity index (χ1n) is 10.0. The van der Waals surface area contributed by atoms with Gasteiger partial charge in [-0.15, -0.1) is 0 Å². The van der Waals surface area contributed by atoms with E-state index in [1.165, 1.54) is 0 Å². The van der Waals surface area contributed by atoms with Crippen molar-refractivity contribution in [2.45, 2.75) is 26.4 Å². The fourth-order valence-corrected chi connectivity index (χ4v) is 3.94. The Hall–Kier alpha value is -2.67. The molecule has 0 N–H and O–H groups in total. The van der Waals surface area contributed by atoms with Crippen molar-refractivity contribution >= 4 is 38.6 Å². The van der Waals surface area contributed by atoms with Gasteiger partial charge in [0.1, 0.15) is 11.9 Å². The molecule has 0 spiro atoms. The molecule has 1 saturated heterocycles. The Bertz CT molecular complexity index is 1070. The lowest BCUT2D eigenvalue weighted by atomic mass is 10.1. The first kappa shape index (κ1) is 20.6. The molecule has 4 rings (SSSR count). The quantitative estimate of drug-likeness (QED) is 0.522. The molecule has 1 amide bonds. The Morgan fingerprint density at radius 3 is 2.53 bits per heavy atom. The van der Waals surface area contributed by atoms with Crippen LogP contribution in [-0.2, 0) is 4.74 Å². The number of amides is 1. The van der Waals surface area contributed by atoms with Crippen LogP contribution >= 0.6 is 15.9 Å². The van der Waals surface area contributed by atoms with Crippen LogP contribution in [0, 0.1) is 0 Å². The van der Waals surface area contributed by atoms with Gasteiger partial charge in [-0.05, 0) is 51.1 Å². The van der Waals surface area contributed by atoms with Gasteiger partial charge in [0.15, 0.2) is 0 Å². The molecule has 2 aromatic carbocycles. The molecule has 1 aliphatic rings. The number of ether oxygens (including phenoxy) is 1. The van der Waals surface area contributed by atoms with Crippen molar-refractivity contribution in [1.29, 1.82) is 0 Å². The van der Waals surface area contributed by atoms with Gasteiger partial charge < -0.3 is 14.5 Å². The number of fused-ring (bicyclic) bond motifs is 1. The third kappa shape index (κ3) is 4.56. The summed E-state index contributed by atoms with van der Waals surface area (Å²) in [5.74, 6) is 0. The van der Waals surface area contributed by atoms with E-state index in [2.05, 4.69) is 61.1 Å². The molecule has 0 aliphatic carbocycles. The van der Waals surface area contributed by atoms with Crippen molar-refractivity contribution in [1.82, 2.24) is 14.9 Å². The number of benzene rings is 2. The van der Waals surface area contributed by atoms with Crippen LogP contribution in [0.2, 0.25) is 0 Å². The molecular formula is C23H25BrN4O2. The molecule has 6 nitrogen and oxygen atoms in total. The summed E-state index contributed by atoms with van der Waals surface area (Å²) in [7, 11) is 0. The highest BCUT2D eigenvalue weighted by molar-refractivity contribution is 9.10. The van der Waals surface area contributed by atoms with Gasteiger partial charge in [-0.25, -0.2) is 14.8 Å². The molecule has 0 radical (unpaired) electrons. The SMILES string of the molecule is CC(C)(C)OC(=O)N1CCN(c2cccc(-c3ncnc4ccc(Br)cc34)c2)CC1. The van der Waals surface area contributed by atoms with Crippen LogP contribution in [0.25, 0.3) is 22.2 Å². The summed E-state index contributed by atoms with van der Waals surface area (Å²) in [6.45, 7) is 8.48. The highest BCUT2D eigenvalue weighted by Gasteiger charge is 2.26. The molecule has 3 aromatic rings. The number of carbonyl (C=O) groups is 1. The lowest BCUT2D eigenvalue weighted by Gasteiger charge is -2.36. The van der Waals surface area contributed by atoms with E-state index in [-0.39, 0.29) is 6.09 Å². The summed E-state index contributed by atoms with van der Waals surface area (Å²) < 4.78 is 6.50. The van der Waals surface area contributed by atoms with Crippen LogP contribution in [0.3, 0.4) is 0 Å². The van der Waals surface area contributed by atoms with Gasteiger partial charge in [0, 0.05) is 47.3 Å². The molecule has 0 saturated carbocycles. The molecule has 30 heavy (non-hydrogen) atoms. The van der Waals surface area contributed by atoms with Crippen LogP contribution in [0.1, 0.15) is 20.8 Å². The monoisotopic (exact) mass is 468 g/mol. The molecular weight excluding hydrogens is 444 g/mol.